The predicted octanol–water partition coefficient (Wildman–Crippen LogP) is 3.48. The van der Waals surface area contributed by atoms with Gasteiger partial charge in [0.15, 0.2) is 0 Å². The fraction of sp³-hybridized carbons (Fsp3) is 0.385. The van der Waals surface area contributed by atoms with E-state index in [1.807, 2.05) is 19.9 Å². The Morgan fingerprint density at radius 2 is 2.14 bits per heavy atom. The van der Waals surface area contributed by atoms with Gasteiger partial charge in [-0.2, -0.15) is 4.98 Å². The normalized spacial score (nSPS) is 23.0. The van der Waals surface area contributed by atoms with E-state index in [1.165, 1.54) is 0 Å². The fourth-order valence-corrected chi connectivity index (χ4v) is 3.76. The molecule has 0 spiro atoms. The van der Waals surface area contributed by atoms with Gasteiger partial charge in [-0.05, 0) is 43.3 Å². The van der Waals surface area contributed by atoms with Gasteiger partial charge in [-0.15, -0.1) is 0 Å². The van der Waals surface area contributed by atoms with Crippen LogP contribution in [0.2, 0.25) is 0 Å². The summed E-state index contributed by atoms with van der Waals surface area (Å²) in [5.74, 6) is -0.902. The number of aliphatic carboxylic acids is 1. The van der Waals surface area contributed by atoms with E-state index in [2.05, 4.69) is 47.0 Å². The van der Waals surface area contributed by atoms with Crippen molar-refractivity contribution in [1.82, 2.24) is 15.1 Å². The number of aromatic nitrogens is 3. The van der Waals surface area contributed by atoms with Crippen LogP contribution in [-0.2, 0) is 4.79 Å². The van der Waals surface area contributed by atoms with Crippen molar-refractivity contribution in [3.63, 3.8) is 0 Å². The lowest BCUT2D eigenvalue weighted by Gasteiger charge is -1.98. The van der Waals surface area contributed by atoms with Crippen molar-refractivity contribution < 1.29 is 14.4 Å². The van der Waals surface area contributed by atoms with Crippen LogP contribution < -0.4 is 0 Å². The smallest absolute Gasteiger partial charge is 0.307 e. The summed E-state index contributed by atoms with van der Waals surface area (Å²) in [6.45, 7) is 3.77. The molecule has 1 aliphatic rings. The first kappa shape index (κ1) is 14.6. The van der Waals surface area contributed by atoms with Crippen LogP contribution in [0.4, 0.5) is 0 Å². The standard InChI is InChI=1S/C13H11Br2N3O3/c1-13(2)7(8(13)12(19)20)11-17-10(18-21-11)9-6(15)3-5(14)4-16-9/h3-4,7-8H,1-2H3,(H,19,20). The molecule has 1 fully saturated rings. The van der Waals surface area contributed by atoms with Crippen LogP contribution in [0, 0.1) is 11.3 Å². The first-order chi connectivity index (χ1) is 9.82. The van der Waals surface area contributed by atoms with E-state index in [4.69, 9.17) is 4.52 Å². The average molecular weight is 417 g/mol. The van der Waals surface area contributed by atoms with Crippen LogP contribution in [0.15, 0.2) is 25.7 Å². The minimum Gasteiger partial charge on any atom is -0.481 e. The number of hydrogen-bond donors (Lipinski definition) is 1. The van der Waals surface area contributed by atoms with Crippen LogP contribution >= 0.6 is 31.9 Å². The van der Waals surface area contributed by atoms with Gasteiger partial charge in [0, 0.05) is 15.1 Å². The number of nitrogens with zero attached hydrogens (tertiary/aromatic N) is 3. The highest BCUT2D eigenvalue weighted by Crippen LogP contribution is 2.64. The fourth-order valence-electron chi connectivity index (χ4n) is 2.60. The van der Waals surface area contributed by atoms with Crippen molar-refractivity contribution in [3.05, 3.63) is 27.1 Å². The third kappa shape index (κ3) is 2.40. The topological polar surface area (TPSA) is 89.1 Å². The number of rotatable bonds is 3. The molecule has 1 saturated carbocycles. The second-order valence-corrected chi connectivity index (χ2v) is 7.33. The zero-order valence-corrected chi connectivity index (χ0v) is 14.3. The predicted molar refractivity (Wildman–Crippen MR) is 80.6 cm³/mol. The number of halogens is 2. The SMILES string of the molecule is CC1(C)C(C(=O)O)C1c1nc(-c2ncc(Br)cc2Br)no1. The van der Waals surface area contributed by atoms with Gasteiger partial charge in [-0.1, -0.05) is 19.0 Å². The Balaban J connectivity index is 1.93. The summed E-state index contributed by atoms with van der Waals surface area (Å²) in [6, 6.07) is 1.83. The maximum atomic E-state index is 11.2. The van der Waals surface area contributed by atoms with Gasteiger partial charge < -0.3 is 9.63 Å². The molecule has 6 nitrogen and oxygen atoms in total. The Morgan fingerprint density at radius 1 is 1.43 bits per heavy atom. The Morgan fingerprint density at radius 3 is 2.71 bits per heavy atom. The molecule has 110 valence electrons. The Labute approximate surface area is 137 Å². The van der Waals surface area contributed by atoms with Crippen molar-refractivity contribution in [2.24, 2.45) is 11.3 Å². The third-order valence-electron chi connectivity index (χ3n) is 3.82. The summed E-state index contributed by atoms with van der Waals surface area (Å²) >= 11 is 6.72. The van der Waals surface area contributed by atoms with E-state index in [9.17, 15) is 9.90 Å². The number of pyridine rings is 1. The molecule has 8 heteroatoms. The van der Waals surface area contributed by atoms with Gasteiger partial charge in [-0.25, -0.2) is 0 Å². The van der Waals surface area contributed by atoms with E-state index in [0.29, 0.717) is 17.4 Å². The highest BCUT2D eigenvalue weighted by atomic mass is 79.9. The molecule has 0 saturated heterocycles. The van der Waals surface area contributed by atoms with Gasteiger partial charge in [0.2, 0.25) is 11.7 Å². The molecule has 1 N–H and O–H groups in total. The molecule has 0 aromatic carbocycles. The Kier molecular flexibility index (Phi) is 3.40. The zero-order valence-electron chi connectivity index (χ0n) is 11.2. The van der Waals surface area contributed by atoms with E-state index >= 15 is 0 Å². The number of carboxylic acids is 1. The third-order valence-corrected chi connectivity index (χ3v) is 4.86. The molecule has 21 heavy (non-hydrogen) atoms. The molecule has 2 unspecified atom stereocenters. The highest BCUT2D eigenvalue weighted by Gasteiger charge is 2.65. The molecule has 0 amide bonds. The molecule has 1 aliphatic carbocycles. The molecule has 2 atom stereocenters. The van der Waals surface area contributed by atoms with E-state index < -0.39 is 11.9 Å². The minimum atomic E-state index is -0.840. The largest absolute Gasteiger partial charge is 0.481 e. The van der Waals surface area contributed by atoms with Crippen LogP contribution in [0.3, 0.4) is 0 Å². The molecular weight excluding hydrogens is 406 g/mol. The summed E-state index contributed by atoms with van der Waals surface area (Å²) in [6.07, 6.45) is 1.64. The number of hydrogen-bond acceptors (Lipinski definition) is 5. The Hall–Kier alpha value is -1.28. The molecule has 0 bridgehead atoms. The average Bonchev–Trinajstić information content (AvgIpc) is 2.75. The lowest BCUT2D eigenvalue weighted by atomic mass is 10.1. The minimum absolute atomic E-state index is 0.259. The van der Waals surface area contributed by atoms with Crippen molar-refractivity contribution in [3.8, 4) is 11.5 Å². The van der Waals surface area contributed by atoms with Crippen molar-refractivity contribution in [2.75, 3.05) is 0 Å². The van der Waals surface area contributed by atoms with Crippen LogP contribution in [0.25, 0.3) is 11.5 Å². The van der Waals surface area contributed by atoms with Gasteiger partial charge in [0.25, 0.3) is 0 Å². The zero-order chi connectivity index (χ0) is 15.4. The number of carboxylic acid groups (broad SMARTS) is 1. The summed E-state index contributed by atoms with van der Waals surface area (Å²) < 4.78 is 6.81. The molecular formula is C13H11Br2N3O3. The van der Waals surface area contributed by atoms with Crippen molar-refractivity contribution in [1.29, 1.82) is 0 Å². The van der Waals surface area contributed by atoms with Crippen LogP contribution in [0.5, 0.6) is 0 Å². The summed E-state index contributed by atoms with van der Waals surface area (Å²) in [5, 5.41) is 13.1. The molecule has 2 aromatic heterocycles. The molecule has 0 radical (unpaired) electrons. The van der Waals surface area contributed by atoms with Crippen LogP contribution in [-0.4, -0.2) is 26.2 Å². The summed E-state index contributed by atoms with van der Waals surface area (Å²) in [4.78, 5) is 19.8. The molecule has 3 rings (SSSR count). The lowest BCUT2D eigenvalue weighted by Crippen LogP contribution is -2.03. The van der Waals surface area contributed by atoms with E-state index in [0.717, 1.165) is 8.95 Å². The van der Waals surface area contributed by atoms with E-state index in [-0.39, 0.29) is 11.3 Å². The van der Waals surface area contributed by atoms with E-state index in [1.54, 1.807) is 6.20 Å². The van der Waals surface area contributed by atoms with Gasteiger partial charge in [0.05, 0.1) is 11.8 Å². The summed E-state index contributed by atoms with van der Waals surface area (Å²) in [7, 11) is 0. The van der Waals surface area contributed by atoms with Crippen molar-refractivity contribution in [2.45, 2.75) is 19.8 Å². The lowest BCUT2D eigenvalue weighted by molar-refractivity contribution is -0.139. The monoisotopic (exact) mass is 415 g/mol. The van der Waals surface area contributed by atoms with Gasteiger partial charge in [-0.3, -0.25) is 9.78 Å². The molecule has 2 heterocycles. The van der Waals surface area contributed by atoms with Crippen molar-refractivity contribution >= 4 is 37.8 Å². The van der Waals surface area contributed by atoms with Gasteiger partial charge >= 0.3 is 5.97 Å². The Bertz CT molecular complexity index is 729. The second-order valence-electron chi connectivity index (χ2n) is 5.56. The first-order valence-corrected chi connectivity index (χ1v) is 7.79. The summed E-state index contributed by atoms with van der Waals surface area (Å²) in [5.41, 5.74) is 0.179. The van der Waals surface area contributed by atoms with Gasteiger partial charge in [0.1, 0.15) is 5.69 Å². The number of carbonyl (C=O) groups is 1. The first-order valence-electron chi connectivity index (χ1n) is 6.20. The maximum absolute atomic E-state index is 11.2. The quantitative estimate of drug-likeness (QED) is 0.823. The highest BCUT2D eigenvalue weighted by molar-refractivity contribution is 9.11. The molecule has 0 aliphatic heterocycles. The maximum Gasteiger partial charge on any atom is 0.307 e. The molecule has 2 aromatic rings. The second kappa shape index (κ2) is 4.88. The van der Waals surface area contributed by atoms with Crippen LogP contribution in [0.1, 0.15) is 25.7 Å².